The molecule has 15 heavy (non-hydrogen) atoms. The number of carbonyl (C=O) groups is 1. The number of alkyl halides is 1. The van der Waals surface area contributed by atoms with E-state index in [9.17, 15) is 4.79 Å². The van der Waals surface area contributed by atoms with E-state index in [4.69, 9.17) is 11.6 Å². The molecule has 1 aromatic heterocycles. The lowest BCUT2D eigenvalue weighted by atomic mass is 10.1. The number of carbonyl (C=O) groups excluding carboxylic acids is 1. The van der Waals surface area contributed by atoms with Crippen molar-refractivity contribution in [1.29, 1.82) is 0 Å². The highest BCUT2D eigenvalue weighted by molar-refractivity contribution is 7.07. The predicted molar refractivity (Wildman–Crippen MR) is 61.2 cm³/mol. The largest absolute Gasteiger partial charge is 0.342 e. The van der Waals surface area contributed by atoms with Crippen molar-refractivity contribution in [1.82, 2.24) is 9.88 Å². The summed E-state index contributed by atoms with van der Waals surface area (Å²) in [5, 5.41) is 2.03. The average molecular weight is 245 g/mol. The van der Waals surface area contributed by atoms with Gasteiger partial charge in [0, 0.05) is 37.2 Å². The van der Waals surface area contributed by atoms with Crippen LogP contribution in [0.1, 0.15) is 12.1 Å². The van der Waals surface area contributed by atoms with E-state index < -0.39 is 0 Å². The lowest BCUT2D eigenvalue weighted by Gasteiger charge is -2.15. The second-order valence-corrected chi connectivity index (χ2v) is 4.82. The summed E-state index contributed by atoms with van der Waals surface area (Å²) in [4.78, 5) is 17.6. The molecule has 1 fully saturated rings. The lowest BCUT2D eigenvalue weighted by molar-refractivity contribution is -0.127. The number of hydrogen-bond acceptors (Lipinski definition) is 3. The molecule has 1 aromatic rings. The second-order valence-electron chi connectivity index (χ2n) is 3.79. The third-order valence-electron chi connectivity index (χ3n) is 2.63. The van der Waals surface area contributed by atoms with Gasteiger partial charge in [-0.2, -0.15) is 0 Å². The first-order valence-corrected chi connectivity index (χ1v) is 6.48. The number of amides is 1. The molecule has 82 valence electrons. The van der Waals surface area contributed by atoms with Crippen molar-refractivity contribution < 1.29 is 4.79 Å². The van der Waals surface area contributed by atoms with Gasteiger partial charge in [0.2, 0.25) is 5.91 Å². The van der Waals surface area contributed by atoms with Gasteiger partial charge in [-0.25, -0.2) is 4.98 Å². The van der Waals surface area contributed by atoms with Crippen molar-refractivity contribution in [3.8, 4) is 0 Å². The maximum absolute atomic E-state index is 11.6. The van der Waals surface area contributed by atoms with Crippen LogP contribution in [0.2, 0.25) is 0 Å². The topological polar surface area (TPSA) is 33.2 Å². The molecule has 1 amide bonds. The summed E-state index contributed by atoms with van der Waals surface area (Å²) in [5.41, 5.74) is 2.89. The molecule has 2 rings (SSSR count). The van der Waals surface area contributed by atoms with Crippen LogP contribution in [0.4, 0.5) is 0 Å². The van der Waals surface area contributed by atoms with Crippen molar-refractivity contribution in [3.63, 3.8) is 0 Å². The van der Waals surface area contributed by atoms with Gasteiger partial charge in [0.05, 0.1) is 11.2 Å². The standard InChI is InChI=1S/C10H13ClN2OS/c11-4-8-3-10(14)13(5-8)2-1-9-6-15-7-12-9/h6-8H,1-5H2. The molecule has 3 nitrogen and oxygen atoms in total. The van der Waals surface area contributed by atoms with Gasteiger partial charge in [-0.15, -0.1) is 22.9 Å². The molecular formula is C10H13ClN2OS. The molecule has 1 aliphatic rings. The van der Waals surface area contributed by atoms with Crippen molar-refractivity contribution in [3.05, 3.63) is 16.6 Å². The molecule has 0 bridgehead atoms. The SMILES string of the molecule is O=C1CC(CCl)CN1CCc1cscn1. The zero-order valence-electron chi connectivity index (χ0n) is 8.36. The maximum Gasteiger partial charge on any atom is 0.222 e. The van der Waals surface area contributed by atoms with E-state index in [1.807, 2.05) is 15.8 Å². The zero-order chi connectivity index (χ0) is 10.7. The Morgan fingerprint density at radius 3 is 3.13 bits per heavy atom. The number of aromatic nitrogens is 1. The summed E-state index contributed by atoms with van der Waals surface area (Å²) < 4.78 is 0. The number of likely N-dealkylation sites (tertiary alicyclic amines) is 1. The molecule has 0 N–H and O–H groups in total. The molecule has 0 spiro atoms. The van der Waals surface area contributed by atoms with Crippen LogP contribution in [-0.2, 0) is 11.2 Å². The van der Waals surface area contributed by atoms with Gasteiger partial charge in [-0.3, -0.25) is 4.79 Å². The van der Waals surface area contributed by atoms with Crippen molar-refractivity contribution >= 4 is 28.8 Å². The molecule has 0 aliphatic carbocycles. The Morgan fingerprint density at radius 2 is 2.53 bits per heavy atom. The normalized spacial score (nSPS) is 21.3. The minimum Gasteiger partial charge on any atom is -0.342 e. The molecule has 5 heteroatoms. The number of halogens is 1. The van der Waals surface area contributed by atoms with E-state index in [1.165, 1.54) is 0 Å². The van der Waals surface area contributed by atoms with Gasteiger partial charge in [-0.1, -0.05) is 0 Å². The summed E-state index contributed by atoms with van der Waals surface area (Å²) in [5.74, 6) is 1.16. The molecule has 1 saturated heterocycles. The van der Waals surface area contributed by atoms with E-state index in [1.54, 1.807) is 11.3 Å². The summed E-state index contributed by atoms with van der Waals surface area (Å²) in [6.07, 6.45) is 1.46. The molecule has 0 aromatic carbocycles. The van der Waals surface area contributed by atoms with Gasteiger partial charge in [0.15, 0.2) is 0 Å². The number of thiazole rings is 1. The molecule has 1 atom stereocenters. The maximum atomic E-state index is 11.6. The van der Waals surface area contributed by atoms with E-state index >= 15 is 0 Å². The second kappa shape index (κ2) is 4.94. The fraction of sp³-hybridized carbons (Fsp3) is 0.600. The Balaban J connectivity index is 1.83. The van der Waals surface area contributed by atoms with Crippen LogP contribution in [0.5, 0.6) is 0 Å². The first-order chi connectivity index (χ1) is 7.29. The van der Waals surface area contributed by atoms with Gasteiger partial charge in [0.1, 0.15) is 0 Å². The van der Waals surface area contributed by atoms with Crippen LogP contribution in [0, 0.1) is 5.92 Å². The molecule has 0 radical (unpaired) electrons. The Kier molecular flexibility index (Phi) is 3.59. The molecular weight excluding hydrogens is 232 g/mol. The van der Waals surface area contributed by atoms with E-state index in [0.717, 1.165) is 25.2 Å². The van der Waals surface area contributed by atoms with Gasteiger partial charge < -0.3 is 4.90 Å². The van der Waals surface area contributed by atoms with E-state index in [2.05, 4.69) is 4.98 Å². The van der Waals surface area contributed by atoms with Crippen LogP contribution >= 0.6 is 22.9 Å². The van der Waals surface area contributed by atoms with Gasteiger partial charge >= 0.3 is 0 Å². The highest BCUT2D eigenvalue weighted by atomic mass is 35.5. The summed E-state index contributed by atoms with van der Waals surface area (Å²) in [6.45, 7) is 1.59. The average Bonchev–Trinajstić information content (AvgIpc) is 2.84. The summed E-state index contributed by atoms with van der Waals surface area (Å²) >= 11 is 7.34. The molecule has 1 aliphatic heterocycles. The first kappa shape index (κ1) is 10.9. The van der Waals surface area contributed by atoms with Crippen LogP contribution in [0.25, 0.3) is 0 Å². The zero-order valence-corrected chi connectivity index (χ0v) is 9.93. The Hall–Kier alpha value is -0.610. The quantitative estimate of drug-likeness (QED) is 0.757. The molecule has 1 unspecified atom stereocenters. The number of nitrogens with zero attached hydrogens (tertiary/aromatic N) is 2. The number of rotatable bonds is 4. The third kappa shape index (κ3) is 2.69. The van der Waals surface area contributed by atoms with E-state index in [0.29, 0.717) is 18.2 Å². The summed E-state index contributed by atoms with van der Waals surface area (Å²) in [7, 11) is 0. The monoisotopic (exact) mass is 244 g/mol. The van der Waals surface area contributed by atoms with Crippen LogP contribution < -0.4 is 0 Å². The van der Waals surface area contributed by atoms with Crippen molar-refractivity contribution in [2.75, 3.05) is 19.0 Å². The summed E-state index contributed by atoms with van der Waals surface area (Å²) in [6, 6.07) is 0. The highest BCUT2D eigenvalue weighted by Gasteiger charge is 2.28. The smallest absolute Gasteiger partial charge is 0.222 e. The van der Waals surface area contributed by atoms with Crippen LogP contribution in [-0.4, -0.2) is 34.8 Å². The fourth-order valence-corrected chi connectivity index (χ4v) is 2.58. The predicted octanol–water partition coefficient (Wildman–Crippen LogP) is 1.77. The van der Waals surface area contributed by atoms with Crippen molar-refractivity contribution in [2.24, 2.45) is 5.92 Å². The van der Waals surface area contributed by atoms with Gasteiger partial charge in [-0.05, 0) is 5.92 Å². The molecule has 2 heterocycles. The minimum absolute atomic E-state index is 0.232. The van der Waals surface area contributed by atoms with Crippen LogP contribution in [0.15, 0.2) is 10.9 Å². The highest BCUT2D eigenvalue weighted by Crippen LogP contribution is 2.19. The fourth-order valence-electron chi connectivity index (χ4n) is 1.78. The Bertz CT molecular complexity index is 328. The Labute approximate surface area is 98.1 Å². The minimum atomic E-state index is 0.232. The number of hydrogen-bond donors (Lipinski definition) is 0. The first-order valence-electron chi connectivity index (χ1n) is 5.00. The van der Waals surface area contributed by atoms with E-state index in [-0.39, 0.29) is 5.91 Å². The van der Waals surface area contributed by atoms with Gasteiger partial charge in [0.25, 0.3) is 0 Å². The third-order valence-corrected chi connectivity index (χ3v) is 3.71. The molecule has 0 saturated carbocycles. The Morgan fingerprint density at radius 1 is 1.67 bits per heavy atom. The lowest BCUT2D eigenvalue weighted by Crippen LogP contribution is -2.27. The van der Waals surface area contributed by atoms with Crippen molar-refractivity contribution in [2.45, 2.75) is 12.8 Å². The van der Waals surface area contributed by atoms with Crippen LogP contribution in [0.3, 0.4) is 0 Å².